The van der Waals surface area contributed by atoms with Crippen LogP contribution in [0.15, 0.2) is 47.2 Å². The van der Waals surface area contributed by atoms with Gasteiger partial charge in [-0.05, 0) is 43.2 Å². The van der Waals surface area contributed by atoms with Gasteiger partial charge in [-0.1, -0.05) is 22.0 Å². The van der Waals surface area contributed by atoms with Gasteiger partial charge in [0.05, 0.1) is 13.7 Å². The van der Waals surface area contributed by atoms with Crippen molar-refractivity contribution in [2.75, 3.05) is 19.5 Å². The molecule has 0 atom stereocenters. The average Bonchev–Trinajstić information content (AvgIpc) is 3.16. The number of carbonyl (C=O) groups is 1. The summed E-state index contributed by atoms with van der Waals surface area (Å²) in [5.41, 5.74) is 6.82. The topological polar surface area (TPSA) is 105 Å². The first-order chi connectivity index (χ1) is 13.6. The van der Waals surface area contributed by atoms with Gasteiger partial charge >= 0.3 is 5.97 Å². The lowest BCUT2D eigenvalue weighted by atomic mass is 10.2. The number of methoxy groups -OCH3 is 1. The van der Waals surface area contributed by atoms with Crippen LogP contribution in [0.1, 0.15) is 23.2 Å². The highest BCUT2D eigenvalue weighted by Crippen LogP contribution is 2.24. The highest BCUT2D eigenvalue weighted by molar-refractivity contribution is 9.10. The molecule has 2 N–H and O–H groups in total. The first-order valence-electron chi connectivity index (χ1n) is 8.70. The second-order valence-corrected chi connectivity index (χ2v) is 6.90. The summed E-state index contributed by atoms with van der Waals surface area (Å²) in [6.45, 7) is 1.19. The summed E-state index contributed by atoms with van der Waals surface area (Å²) in [5.74, 6) is 1.19. The minimum Gasteiger partial charge on any atom is -0.493 e. The number of anilines is 1. The molecule has 0 radical (unpaired) electrons. The summed E-state index contributed by atoms with van der Waals surface area (Å²) in [6, 6.07) is 10.7. The summed E-state index contributed by atoms with van der Waals surface area (Å²) in [7, 11) is 1.35. The molecular weight excluding hydrogens is 426 g/mol. The van der Waals surface area contributed by atoms with E-state index >= 15 is 0 Å². The van der Waals surface area contributed by atoms with Gasteiger partial charge in [-0.25, -0.2) is 9.78 Å². The fraction of sp³-hybridized carbons (Fsp3) is 0.263. The van der Waals surface area contributed by atoms with Crippen molar-refractivity contribution in [2.24, 2.45) is 0 Å². The molecule has 8 nitrogen and oxygen atoms in total. The van der Waals surface area contributed by atoms with E-state index in [1.807, 2.05) is 22.8 Å². The van der Waals surface area contributed by atoms with Gasteiger partial charge in [0.1, 0.15) is 29.2 Å². The van der Waals surface area contributed by atoms with Gasteiger partial charge in [-0.15, -0.1) is 10.2 Å². The highest BCUT2D eigenvalue weighted by Gasteiger charge is 2.14. The van der Waals surface area contributed by atoms with Crippen LogP contribution in [-0.4, -0.2) is 39.4 Å². The molecule has 2 heterocycles. The molecule has 3 aromatic rings. The van der Waals surface area contributed by atoms with Crippen molar-refractivity contribution in [3.05, 3.63) is 52.8 Å². The van der Waals surface area contributed by atoms with Crippen molar-refractivity contribution in [2.45, 2.75) is 19.4 Å². The van der Waals surface area contributed by atoms with E-state index in [4.69, 9.17) is 15.2 Å². The largest absolute Gasteiger partial charge is 0.493 e. The lowest BCUT2D eigenvalue weighted by Crippen LogP contribution is -2.08. The first-order valence-corrected chi connectivity index (χ1v) is 9.49. The zero-order valence-corrected chi connectivity index (χ0v) is 16.9. The number of nitrogens with two attached hydrogens (primary N) is 1. The summed E-state index contributed by atoms with van der Waals surface area (Å²) in [4.78, 5) is 16.2. The smallest absolute Gasteiger partial charge is 0.341 e. The molecule has 0 aliphatic heterocycles. The van der Waals surface area contributed by atoms with E-state index in [1.165, 1.54) is 7.11 Å². The second-order valence-electron chi connectivity index (χ2n) is 5.98. The van der Waals surface area contributed by atoms with E-state index in [0.717, 1.165) is 17.3 Å². The zero-order valence-electron chi connectivity index (χ0n) is 15.3. The van der Waals surface area contributed by atoms with Crippen LogP contribution in [0.5, 0.6) is 5.75 Å². The van der Waals surface area contributed by atoms with Crippen LogP contribution in [0.25, 0.3) is 11.5 Å². The van der Waals surface area contributed by atoms with Crippen LogP contribution < -0.4 is 10.5 Å². The van der Waals surface area contributed by atoms with E-state index in [0.29, 0.717) is 41.8 Å². The third-order valence-electron chi connectivity index (χ3n) is 4.01. The number of halogens is 1. The van der Waals surface area contributed by atoms with Gasteiger partial charge in [-0.2, -0.15) is 0 Å². The van der Waals surface area contributed by atoms with Gasteiger partial charge in [-0.3, -0.25) is 0 Å². The van der Waals surface area contributed by atoms with Crippen LogP contribution in [0, 0.1) is 0 Å². The third-order valence-corrected chi connectivity index (χ3v) is 4.51. The molecule has 3 rings (SSSR count). The van der Waals surface area contributed by atoms with E-state index in [-0.39, 0.29) is 0 Å². The van der Waals surface area contributed by atoms with Crippen LogP contribution in [0.3, 0.4) is 0 Å². The van der Waals surface area contributed by atoms with E-state index in [9.17, 15) is 4.79 Å². The minimum absolute atomic E-state index is 0.394. The molecular formula is C19H20BrN5O3. The Balaban J connectivity index is 1.54. The molecule has 0 unspecified atom stereocenters. The number of hydrogen-bond donors (Lipinski definition) is 1. The molecule has 0 aliphatic carbocycles. The number of aromatic nitrogens is 4. The van der Waals surface area contributed by atoms with E-state index in [2.05, 4.69) is 31.1 Å². The summed E-state index contributed by atoms with van der Waals surface area (Å²) >= 11 is 3.35. The quantitative estimate of drug-likeness (QED) is 0.418. The van der Waals surface area contributed by atoms with Gasteiger partial charge in [0.25, 0.3) is 0 Å². The number of hydrogen-bond acceptors (Lipinski definition) is 7. The Bertz CT molecular complexity index is 960. The van der Waals surface area contributed by atoms with Crippen LogP contribution in [0.2, 0.25) is 0 Å². The normalized spacial score (nSPS) is 10.6. The molecule has 1 aromatic carbocycles. The summed E-state index contributed by atoms with van der Waals surface area (Å²) in [6.07, 6.45) is 3.31. The Hall–Kier alpha value is -2.94. The maximum absolute atomic E-state index is 11.9. The number of nitrogens with zero attached hydrogens (tertiary/aromatic N) is 4. The van der Waals surface area contributed by atoms with Crippen molar-refractivity contribution in [3.63, 3.8) is 0 Å². The van der Waals surface area contributed by atoms with Crippen molar-refractivity contribution in [1.29, 1.82) is 0 Å². The summed E-state index contributed by atoms with van der Waals surface area (Å²) in [5, 5.41) is 8.10. The highest BCUT2D eigenvalue weighted by atomic mass is 79.9. The Kier molecular flexibility index (Phi) is 6.59. The van der Waals surface area contributed by atoms with Crippen molar-refractivity contribution >= 4 is 27.7 Å². The molecule has 0 saturated heterocycles. The molecule has 9 heteroatoms. The van der Waals surface area contributed by atoms with Crippen LogP contribution >= 0.6 is 15.9 Å². The fourth-order valence-corrected chi connectivity index (χ4v) is 3.02. The molecule has 0 bridgehead atoms. The van der Waals surface area contributed by atoms with Gasteiger partial charge < -0.3 is 19.8 Å². The number of benzene rings is 1. The minimum atomic E-state index is -0.430. The van der Waals surface area contributed by atoms with Crippen LogP contribution in [0.4, 0.5) is 5.82 Å². The monoisotopic (exact) mass is 445 g/mol. The average molecular weight is 446 g/mol. The van der Waals surface area contributed by atoms with Crippen LogP contribution in [-0.2, 0) is 11.3 Å². The zero-order chi connectivity index (χ0) is 19.9. The predicted molar refractivity (Wildman–Crippen MR) is 108 cm³/mol. The second kappa shape index (κ2) is 9.32. The Morgan fingerprint density at radius 3 is 2.89 bits per heavy atom. The summed E-state index contributed by atoms with van der Waals surface area (Å²) < 4.78 is 13.3. The van der Waals surface area contributed by atoms with Crippen molar-refractivity contribution < 1.29 is 14.3 Å². The van der Waals surface area contributed by atoms with Gasteiger partial charge in [0, 0.05) is 11.0 Å². The Morgan fingerprint density at radius 2 is 2.11 bits per heavy atom. The number of pyridine rings is 1. The molecule has 0 spiro atoms. The first kappa shape index (κ1) is 19.8. The number of rotatable bonds is 8. The Morgan fingerprint density at radius 1 is 1.25 bits per heavy atom. The number of carbonyl (C=O) groups excluding carboxylic acids is 1. The number of esters is 1. The lowest BCUT2D eigenvalue weighted by Gasteiger charge is -2.11. The lowest BCUT2D eigenvalue weighted by molar-refractivity contribution is 0.0596. The molecule has 0 amide bonds. The number of ether oxygens (including phenoxy) is 2. The molecule has 0 saturated carbocycles. The van der Waals surface area contributed by atoms with E-state index < -0.39 is 5.97 Å². The van der Waals surface area contributed by atoms with Crippen molar-refractivity contribution in [3.8, 4) is 17.3 Å². The molecule has 2 aromatic heterocycles. The molecule has 146 valence electrons. The van der Waals surface area contributed by atoms with Gasteiger partial charge in [0.15, 0.2) is 5.82 Å². The number of unbranched alkanes of at least 4 members (excludes halogenated alkanes) is 1. The number of nitrogen functional groups attached to an aromatic ring is 1. The van der Waals surface area contributed by atoms with Crippen molar-refractivity contribution in [1.82, 2.24) is 19.7 Å². The maximum Gasteiger partial charge on any atom is 0.341 e. The molecule has 28 heavy (non-hydrogen) atoms. The fourth-order valence-electron chi connectivity index (χ4n) is 2.66. The maximum atomic E-state index is 11.9. The van der Waals surface area contributed by atoms with E-state index in [1.54, 1.807) is 24.5 Å². The Labute approximate surface area is 170 Å². The SMILES string of the molecule is COC(=O)c1cc(Br)ccc1OCCCCn1cnnc1-c1cccc(N)n1. The standard InChI is InChI=1S/C19H20BrN5O3/c1-27-19(26)14-11-13(20)7-8-16(14)28-10-3-2-9-25-12-22-24-18(25)15-5-4-6-17(21)23-15/h4-8,11-12H,2-3,9-10H2,1H3,(H2,21,23). The molecule has 0 fully saturated rings. The third kappa shape index (κ3) is 4.86. The number of aryl methyl sites for hydroxylation is 1. The predicted octanol–water partition coefficient (Wildman–Crippen LogP) is 3.33. The molecule has 0 aliphatic rings. The van der Waals surface area contributed by atoms with Gasteiger partial charge in [0.2, 0.25) is 0 Å².